The van der Waals surface area contributed by atoms with Crippen molar-refractivity contribution in [1.29, 1.82) is 0 Å². The molecule has 0 aromatic rings. The molecule has 0 radical (unpaired) electrons. The average molecular weight is 410 g/mol. The molecular formula is C23H39NO5. The molecule has 7 atom stereocenters. The minimum Gasteiger partial charge on any atom is -0.393 e. The van der Waals surface area contributed by atoms with Crippen LogP contribution in [0.3, 0.4) is 0 Å². The Bertz CT molecular complexity index is 551. The number of hydrogen-bond donors (Lipinski definition) is 2. The van der Waals surface area contributed by atoms with Gasteiger partial charge in [0.2, 0.25) is 5.91 Å². The Balaban J connectivity index is 1.41. The van der Waals surface area contributed by atoms with Crippen LogP contribution in [0.2, 0.25) is 0 Å². The second-order valence-electron chi connectivity index (χ2n) is 9.97. The number of methoxy groups -OCH3 is 1. The Kier molecular flexibility index (Phi) is 7.15. The predicted octanol–water partition coefficient (Wildman–Crippen LogP) is 2.36. The second kappa shape index (κ2) is 9.63. The number of nitrogens with zero attached hydrogens (tertiary/aromatic N) is 1. The highest BCUT2D eigenvalue weighted by Crippen LogP contribution is 2.39. The van der Waals surface area contributed by atoms with E-state index in [0.717, 1.165) is 32.4 Å². The van der Waals surface area contributed by atoms with Crippen LogP contribution in [-0.2, 0) is 14.3 Å². The largest absolute Gasteiger partial charge is 0.393 e. The molecule has 3 saturated carbocycles. The molecule has 3 aliphatic carbocycles. The third-order valence-electron chi connectivity index (χ3n) is 8.04. The van der Waals surface area contributed by atoms with Gasteiger partial charge in [-0.3, -0.25) is 4.79 Å². The Hall–Kier alpha value is -0.690. The molecule has 6 heteroatoms. The summed E-state index contributed by atoms with van der Waals surface area (Å²) < 4.78 is 11.9. The molecule has 2 N–H and O–H groups in total. The standard InChI is InChI=1S/C23H39NO5/c1-28-20-9-5-8-16-12-24(13-18(16)20)23(27)22-19(26)10-17(25)11-21(22)29-14-15-6-3-2-4-7-15/h15-22,25-26H,2-14H2,1H3. The first kappa shape index (κ1) is 21.5. The molecule has 0 aromatic heterocycles. The first-order valence-corrected chi connectivity index (χ1v) is 11.9. The van der Waals surface area contributed by atoms with Gasteiger partial charge in [0.15, 0.2) is 0 Å². The second-order valence-corrected chi connectivity index (χ2v) is 9.97. The molecule has 1 aliphatic heterocycles. The summed E-state index contributed by atoms with van der Waals surface area (Å²) in [6.45, 7) is 2.14. The number of hydrogen-bond acceptors (Lipinski definition) is 5. The van der Waals surface area contributed by atoms with Gasteiger partial charge in [0.05, 0.1) is 30.3 Å². The molecule has 166 valence electrons. The van der Waals surface area contributed by atoms with E-state index < -0.39 is 18.1 Å². The van der Waals surface area contributed by atoms with E-state index in [0.29, 0.717) is 30.8 Å². The van der Waals surface area contributed by atoms with E-state index >= 15 is 0 Å². The molecule has 0 bridgehead atoms. The van der Waals surface area contributed by atoms with Crippen LogP contribution < -0.4 is 0 Å². The molecule has 0 aromatic carbocycles. The predicted molar refractivity (Wildman–Crippen MR) is 109 cm³/mol. The summed E-state index contributed by atoms with van der Waals surface area (Å²) in [5, 5.41) is 20.9. The van der Waals surface area contributed by atoms with Crippen molar-refractivity contribution in [2.75, 3.05) is 26.8 Å². The summed E-state index contributed by atoms with van der Waals surface area (Å²) >= 11 is 0. The van der Waals surface area contributed by atoms with Gasteiger partial charge in [-0.25, -0.2) is 0 Å². The molecule has 4 rings (SSSR count). The summed E-state index contributed by atoms with van der Waals surface area (Å²) in [6.07, 6.45) is 8.71. The fourth-order valence-corrected chi connectivity index (χ4v) is 6.39. The number of likely N-dealkylation sites (tertiary alicyclic amines) is 1. The number of rotatable bonds is 5. The monoisotopic (exact) mass is 409 g/mol. The lowest BCUT2D eigenvalue weighted by Crippen LogP contribution is -2.52. The van der Waals surface area contributed by atoms with Crippen LogP contribution in [0.5, 0.6) is 0 Å². The third-order valence-corrected chi connectivity index (χ3v) is 8.04. The minimum atomic E-state index is -0.830. The van der Waals surface area contributed by atoms with Crippen LogP contribution in [0.25, 0.3) is 0 Å². The molecule has 1 saturated heterocycles. The van der Waals surface area contributed by atoms with E-state index in [9.17, 15) is 15.0 Å². The van der Waals surface area contributed by atoms with Gasteiger partial charge in [0.25, 0.3) is 0 Å². The van der Waals surface area contributed by atoms with E-state index in [1.807, 2.05) is 4.90 Å². The normalized spacial score (nSPS) is 41.3. The van der Waals surface area contributed by atoms with Crippen molar-refractivity contribution in [3.05, 3.63) is 0 Å². The maximum Gasteiger partial charge on any atom is 0.230 e. The van der Waals surface area contributed by atoms with Crippen molar-refractivity contribution in [2.24, 2.45) is 23.7 Å². The zero-order valence-corrected chi connectivity index (χ0v) is 17.9. The van der Waals surface area contributed by atoms with Gasteiger partial charge >= 0.3 is 0 Å². The van der Waals surface area contributed by atoms with Crippen LogP contribution in [0, 0.1) is 23.7 Å². The van der Waals surface area contributed by atoms with E-state index in [-0.39, 0.29) is 24.5 Å². The van der Waals surface area contributed by atoms with Gasteiger partial charge in [-0.1, -0.05) is 25.7 Å². The molecule has 7 unspecified atom stereocenters. The van der Waals surface area contributed by atoms with E-state index in [1.54, 1.807) is 7.11 Å². The van der Waals surface area contributed by atoms with Gasteiger partial charge in [0.1, 0.15) is 0 Å². The van der Waals surface area contributed by atoms with Crippen LogP contribution in [-0.4, -0.2) is 72.2 Å². The van der Waals surface area contributed by atoms with Crippen molar-refractivity contribution in [3.8, 4) is 0 Å². The lowest BCUT2D eigenvalue weighted by atomic mass is 9.79. The smallest absolute Gasteiger partial charge is 0.230 e. The van der Waals surface area contributed by atoms with E-state index in [4.69, 9.17) is 9.47 Å². The van der Waals surface area contributed by atoms with E-state index in [2.05, 4.69) is 0 Å². The van der Waals surface area contributed by atoms with Gasteiger partial charge in [0, 0.05) is 45.6 Å². The highest BCUT2D eigenvalue weighted by atomic mass is 16.5. The van der Waals surface area contributed by atoms with Crippen LogP contribution in [0.4, 0.5) is 0 Å². The van der Waals surface area contributed by atoms with Crippen molar-refractivity contribution < 1.29 is 24.5 Å². The number of fused-ring (bicyclic) bond motifs is 1. The van der Waals surface area contributed by atoms with Crippen LogP contribution >= 0.6 is 0 Å². The zero-order chi connectivity index (χ0) is 20.4. The lowest BCUT2D eigenvalue weighted by molar-refractivity contribution is -0.158. The summed E-state index contributed by atoms with van der Waals surface area (Å²) in [7, 11) is 1.78. The molecule has 4 aliphatic rings. The maximum atomic E-state index is 13.5. The molecule has 1 heterocycles. The first-order valence-electron chi connectivity index (χ1n) is 11.9. The summed E-state index contributed by atoms with van der Waals surface area (Å²) in [5.41, 5.74) is 0. The fraction of sp³-hybridized carbons (Fsp3) is 0.957. The number of carbonyl (C=O) groups excluding carboxylic acids is 1. The number of carbonyl (C=O) groups is 1. The lowest BCUT2D eigenvalue weighted by Gasteiger charge is -2.39. The molecular weight excluding hydrogens is 370 g/mol. The highest BCUT2D eigenvalue weighted by Gasteiger charge is 2.48. The SMILES string of the molecule is COC1CCCC2CN(C(=O)C3C(O)CC(O)CC3OCC3CCCCC3)CC21. The summed E-state index contributed by atoms with van der Waals surface area (Å²) in [4.78, 5) is 15.4. The van der Waals surface area contributed by atoms with Crippen molar-refractivity contribution >= 4 is 5.91 Å². The molecule has 4 fully saturated rings. The molecule has 1 amide bonds. The van der Waals surface area contributed by atoms with E-state index in [1.165, 1.54) is 32.1 Å². The third kappa shape index (κ3) is 4.81. The number of aliphatic hydroxyl groups is 2. The van der Waals surface area contributed by atoms with Gasteiger partial charge in [-0.2, -0.15) is 0 Å². The highest BCUT2D eigenvalue weighted by molar-refractivity contribution is 5.80. The Labute approximate surface area is 174 Å². The average Bonchev–Trinajstić information content (AvgIpc) is 3.16. The Morgan fingerprint density at radius 2 is 1.76 bits per heavy atom. The maximum absolute atomic E-state index is 13.5. The number of aliphatic hydroxyl groups excluding tert-OH is 2. The Morgan fingerprint density at radius 3 is 2.52 bits per heavy atom. The van der Waals surface area contributed by atoms with Crippen molar-refractivity contribution in [3.63, 3.8) is 0 Å². The fourth-order valence-electron chi connectivity index (χ4n) is 6.39. The number of amides is 1. The Morgan fingerprint density at radius 1 is 0.966 bits per heavy atom. The van der Waals surface area contributed by atoms with Gasteiger partial charge in [-0.15, -0.1) is 0 Å². The topological polar surface area (TPSA) is 79.2 Å². The molecule has 6 nitrogen and oxygen atoms in total. The van der Waals surface area contributed by atoms with Crippen LogP contribution in [0.1, 0.15) is 64.2 Å². The van der Waals surface area contributed by atoms with Gasteiger partial charge < -0.3 is 24.6 Å². The molecule has 0 spiro atoms. The zero-order valence-electron chi connectivity index (χ0n) is 17.9. The van der Waals surface area contributed by atoms with Crippen molar-refractivity contribution in [2.45, 2.75) is 88.6 Å². The molecule has 29 heavy (non-hydrogen) atoms. The van der Waals surface area contributed by atoms with Crippen LogP contribution in [0.15, 0.2) is 0 Å². The summed E-state index contributed by atoms with van der Waals surface area (Å²) in [5.74, 6) is 0.925. The summed E-state index contributed by atoms with van der Waals surface area (Å²) in [6, 6.07) is 0. The number of ether oxygens (including phenoxy) is 2. The first-order chi connectivity index (χ1) is 14.1. The van der Waals surface area contributed by atoms with Gasteiger partial charge in [-0.05, 0) is 37.5 Å². The minimum absolute atomic E-state index is 0.0160. The van der Waals surface area contributed by atoms with Crippen molar-refractivity contribution in [1.82, 2.24) is 4.90 Å². The quantitative estimate of drug-likeness (QED) is 0.729.